The number of hydrogen-bond donors (Lipinski definition) is 1. The third-order valence-corrected chi connectivity index (χ3v) is 7.69. The Balaban J connectivity index is 1.25. The number of halogens is 2. The molecule has 2 atom stereocenters. The van der Waals surface area contributed by atoms with E-state index in [1.807, 2.05) is 12.1 Å². The molecule has 1 N–H and O–H groups in total. The molecular weight excluding hydrogens is 435 g/mol. The van der Waals surface area contributed by atoms with Crippen LogP contribution in [0.25, 0.3) is 0 Å². The third kappa shape index (κ3) is 3.79. The summed E-state index contributed by atoms with van der Waals surface area (Å²) in [7, 11) is 0. The predicted molar refractivity (Wildman–Crippen MR) is 111 cm³/mol. The van der Waals surface area contributed by atoms with Crippen LogP contribution in [0.5, 0.6) is 11.6 Å². The molecule has 1 aromatic carbocycles. The number of ether oxygens (including phenoxy) is 1. The number of alkyl halides is 1. The van der Waals surface area contributed by atoms with Crippen LogP contribution in [-0.4, -0.2) is 15.2 Å². The van der Waals surface area contributed by atoms with Crippen molar-refractivity contribution >= 4 is 21.8 Å². The molecule has 0 aliphatic heterocycles. The summed E-state index contributed by atoms with van der Waals surface area (Å²) in [5, 5.41) is 3.18. The van der Waals surface area contributed by atoms with Gasteiger partial charge in [-0.25, -0.2) is 9.37 Å². The minimum atomic E-state index is -0.309. The molecule has 1 aromatic heterocycles. The summed E-state index contributed by atoms with van der Waals surface area (Å²) in [5.41, 5.74) is 0.720. The first-order chi connectivity index (χ1) is 13.9. The lowest BCUT2D eigenvalue weighted by Crippen LogP contribution is -2.58. The van der Waals surface area contributed by atoms with Gasteiger partial charge in [-0.05, 0) is 86.3 Å². The standard InChI is InChI=1S/C23H24BrFN2O2/c24-23-11-16-7-17(12-23)10-22(9-16,14-23)21(28)27-13-15-5-6-26-20(8-15)29-19-3-1-18(25)2-4-19/h1-6,8,16-17H,7,9-14H2,(H,27,28). The molecule has 29 heavy (non-hydrogen) atoms. The number of pyridine rings is 1. The topological polar surface area (TPSA) is 51.2 Å². The molecule has 6 rings (SSSR count). The monoisotopic (exact) mass is 458 g/mol. The Morgan fingerprint density at radius 3 is 2.59 bits per heavy atom. The summed E-state index contributed by atoms with van der Waals surface area (Å²) >= 11 is 3.97. The van der Waals surface area contributed by atoms with Crippen molar-refractivity contribution < 1.29 is 13.9 Å². The minimum Gasteiger partial charge on any atom is -0.439 e. The highest BCUT2D eigenvalue weighted by molar-refractivity contribution is 9.10. The van der Waals surface area contributed by atoms with Gasteiger partial charge >= 0.3 is 0 Å². The average molecular weight is 459 g/mol. The molecule has 6 heteroatoms. The van der Waals surface area contributed by atoms with E-state index >= 15 is 0 Å². The molecule has 2 unspecified atom stereocenters. The molecule has 0 radical (unpaired) electrons. The van der Waals surface area contributed by atoms with Crippen molar-refractivity contribution in [3.05, 3.63) is 54.0 Å². The van der Waals surface area contributed by atoms with Crippen LogP contribution < -0.4 is 10.1 Å². The number of rotatable bonds is 5. The number of hydrogen-bond acceptors (Lipinski definition) is 3. The van der Waals surface area contributed by atoms with Crippen LogP contribution in [0, 0.1) is 23.1 Å². The highest BCUT2D eigenvalue weighted by Gasteiger charge is 2.59. The second kappa shape index (κ2) is 7.08. The van der Waals surface area contributed by atoms with Crippen molar-refractivity contribution in [2.24, 2.45) is 17.3 Å². The molecular formula is C23H24BrFN2O2. The normalized spacial score (nSPS) is 32.2. The number of nitrogens with one attached hydrogen (secondary N) is 1. The number of nitrogens with zero attached hydrogens (tertiary/aromatic N) is 1. The van der Waals surface area contributed by atoms with Gasteiger partial charge in [0, 0.05) is 23.1 Å². The van der Waals surface area contributed by atoms with E-state index in [9.17, 15) is 9.18 Å². The predicted octanol–water partition coefficient (Wildman–Crippen LogP) is 5.36. The van der Waals surface area contributed by atoms with Gasteiger partial charge in [0.1, 0.15) is 11.6 Å². The van der Waals surface area contributed by atoms with E-state index in [0.29, 0.717) is 30.0 Å². The Kier molecular flexibility index (Phi) is 4.65. The Labute approximate surface area is 178 Å². The molecule has 4 fully saturated rings. The van der Waals surface area contributed by atoms with Crippen molar-refractivity contribution in [1.29, 1.82) is 0 Å². The second-order valence-electron chi connectivity index (χ2n) is 9.13. The molecule has 4 saturated carbocycles. The Morgan fingerprint density at radius 1 is 1.17 bits per heavy atom. The SMILES string of the molecule is O=C(NCc1ccnc(Oc2ccc(F)cc2)c1)C12CC3CC(CC(Br)(C3)C1)C2. The summed E-state index contributed by atoms with van der Waals surface area (Å²) in [6.07, 6.45) is 8.39. The molecule has 1 heterocycles. The zero-order valence-corrected chi connectivity index (χ0v) is 17.8. The van der Waals surface area contributed by atoms with Crippen LogP contribution >= 0.6 is 15.9 Å². The quantitative estimate of drug-likeness (QED) is 0.613. The summed E-state index contributed by atoms with van der Waals surface area (Å²) in [6, 6.07) is 9.52. The van der Waals surface area contributed by atoms with E-state index in [2.05, 4.69) is 26.2 Å². The number of carbonyl (C=O) groups is 1. The highest BCUT2D eigenvalue weighted by Crippen LogP contribution is 2.64. The van der Waals surface area contributed by atoms with Gasteiger partial charge in [-0.1, -0.05) is 15.9 Å². The Bertz CT molecular complexity index is 919. The Hall–Kier alpha value is -1.95. The molecule has 0 spiro atoms. The first kappa shape index (κ1) is 19.0. The van der Waals surface area contributed by atoms with Crippen LogP contribution in [-0.2, 0) is 11.3 Å². The van der Waals surface area contributed by atoms with Crippen molar-refractivity contribution in [3.8, 4) is 11.6 Å². The van der Waals surface area contributed by atoms with Gasteiger partial charge in [-0.3, -0.25) is 4.79 Å². The van der Waals surface area contributed by atoms with Crippen molar-refractivity contribution in [2.75, 3.05) is 0 Å². The van der Waals surface area contributed by atoms with Crippen molar-refractivity contribution in [3.63, 3.8) is 0 Å². The minimum absolute atomic E-state index is 0.168. The zero-order chi connectivity index (χ0) is 20.1. The van der Waals surface area contributed by atoms with Gasteiger partial charge in [-0.15, -0.1) is 0 Å². The van der Waals surface area contributed by atoms with Crippen LogP contribution in [0.2, 0.25) is 0 Å². The van der Waals surface area contributed by atoms with Gasteiger partial charge in [0.2, 0.25) is 11.8 Å². The van der Waals surface area contributed by atoms with E-state index in [4.69, 9.17) is 4.74 Å². The number of carbonyl (C=O) groups excluding carboxylic acids is 1. The van der Waals surface area contributed by atoms with E-state index in [1.54, 1.807) is 18.3 Å². The molecule has 2 aromatic rings. The van der Waals surface area contributed by atoms with E-state index in [1.165, 1.54) is 31.4 Å². The lowest BCUT2D eigenvalue weighted by molar-refractivity contribution is -0.144. The maximum absolute atomic E-state index is 13.2. The van der Waals surface area contributed by atoms with Crippen LogP contribution in [0.4, 0.5) is 4.39 Å². The average Bonchev–Trinajstić information content (AvgIpc) is 2.66. The highest BCUT2D eigenvalue weighted by atomic mass is 79.9. The van der Waals surface area contributed by atoms with Gasteiger partial charge in [0.05, 0.1) is 5.41 Å². The third-order valence-electron chi connectivity index (χ3n) is 6.76. The van der Waals surface area contributed by atoms with Gasteiger partial charge in [-0.2, -0.15) is 0 Å². The van der Waals surface area contributed by atoms with Crippen molar-refractivity contribution in [1.82, 2.24) is 10.3 Å². The number of benzene rings is 1. The Morgan fingerprint density at radius 2 is 1.90 bits per heavy atom. The smallest absolute Gasteiger partial charge is 0.226 e. The second-order valence-corrected chi connectivity index (χ2v) is 10.8. The number of amides is 1. The first-order valence-corrected chi connectivity index (χ1v) is 11.1. The molecule has 4 aliphatic rings. The maximum atomic E-state index is 13.2. The summed E-state index contributed by atoms with van der Waals surface area (Å²) < 4.78 is 18.9. The van der Waals surface area contributed by atoms with Crippen LogP contribution in [0.3, 0.4) is 0 Å². The fourth-order valence-electron chi connectivity index (χ4n) is 6.03. The molecule has 4 nitrogen and oxygen atoms in total. The summed E-state index contributed by atoms with van der Waals surface area (Å²) in [5.74, 6) is 2.19. The largest absolute Gasteiger partial charge is 0.439 e. The molecule has 152 valence electrons. The number of aromatic nitrogens is 1. The molecule has 0 saturated heterocycles. The first-order valence-electron chi connectivity index (χ1n) is 10.3. The fourth-order valence-corrected chi connectivity index (χ4v) is 7.48. The van der Waals surface area contributed by atoms with Gasteiger partial charge < -0.3 is 10.1 Å². The van der Waals surface area contributed by atoms with Crippen molar-refractivity contribution in [2.45, 2.75) is 49.4 Å². The molecule has 1 amide bonds. The lowest BCUT2D eigenvalue weighted by atomic mass is 9.49. The van der Waals surface area contributed by atoms with Crippen LogP contribution in [0.15, 0.2) is 42.6 Å². The molecule has 4 aliphatic carbocycles. The summed E-state index contributed by atoms with van der Waals surface area (Å²) in [4.78, 5) is 17.4. The maximum Gasteiger partial charge on any atom is 0.226 e. The van der Waals surface area contributed by atoms with E-state index < -0.39 is 0 Å². The van der Waals surface area contributed by atoms with Gasteiger partial charge in [0.25, 0.3) is 0 Å². The van der Waals surface area contributed by atoms with Crippen LogP contribution in [0.1, 0.15) is 44.1 Å². The molecule has 4 bridgehead atoms. The lowest BCUT2D eigenvalue weighted by Gasteiger charge is -2.59. The van der Waals surface area contributed by atoms with Gasteiger partial charge in [0.15, 0.2) is 0 Å². The summed E-state index contributed by atoms with van der Waals surface area (Å²) in [6.45, 7) is 0.452. The van der Waals surface area contributed by atoms with E-state index in [0.717, 1.165) is 24.8 Å². The fraction of sp³-hybridized carbons (Fsp3) is 0.478. The van der Waals surface area contributed by atoms with E-state index in [-0.39, 0.29) is 21.5 Å². The zero-order valence-electron chi connectivity index (χ0n) is 16.2.